The molecule has 0 aliphatic heterocycles. The van der Waals surface area contributed by atoms with Gasteiger partial charge in [0.05, 0.1) is 0 Å². The Morgan fingerprint density at radius 2 is 1.87 bits per heavy atom. The van der Waals surface area contributed by atoms with Gasteiger partial charge in [-0.25, -0.2) is 0 Å². The highest BCUT2D eigenvalue weighted by atomic mass is 32.2. The van der Waals surface area contributed by atoms with Crippen LogP contribution < -0.4 is 4.72 Å². The summed E-state index contributed by atoms with van der Waals surface area (Å²) >= 11 is 1.92. The fourth-order valence-electron chi connectivity index (χ4n) is 2.31. The smallest absolute Gasteiger partial charge is 0.0220 e. The van der Waals surface area contributed by atoms with Crippen LogP contribution in [-0.4, -0.2) is 10.8 Å². The van der Waals surface area contributed by atoms with E-state index in [1.165, 1.54) is 38.5 Å². The molecule has 15 heavy (non-hydrogen) atoms. The Hall–Kier alpha value is 0.310. The normalized spacial score (nSPS) is 20.8. The van der Waals surface area contributed by atoms with E-state index in [0.29, 0.717) is 4.75 Å². The molecule has 0 saturated heterocycles. The molecule has 1 fully saturated rings. The van der Waals surface area contributed by atoms with E-state index in [1.807, 2.05) is 11.9 Å². The summed E-state index contributed by atoms with van der Waals surface area (Å²) in [6.07, 6.45) is 8.44. The molecule has 1 aliphatic rings. The van der Waals surface area contributed by atoms with Crippen LogP contribution in [0.25, 0.3) is 0 Å². The summed E-state index contributed by atoms with van der Waals surface area (Å²) in [6.45, 7) is 9.14. The minimum Gasteiger partial charge on any atom is -0.260 e. The summed E-state index contributed by atoms with van der Waals surface area (Å²) in [6, 6.07) is 0.752. The van der Waals surface area contributed by atoms with Gasteiger partial charge in [0.25, 0.3) is 0 Å². The van der Waals surface area contributed by atoms with Gasteiger partial charge in [-0.05, 0) is 46.0 Å². The van der Waals surface area contributed by atoms with E-state index < -0.39 is 0 Å². The molecule has 1 rings (SSSR count). The lowest BCUT2D eigenvalue weighted by Gasteiger charge is -2.28. The van der Waals surface area contributed by atoms with Gasteiger partial charge in [-0.2, -0.15) is 0 Å². The lowest BCUT2D eigenvalue weighted by atomic mass is 9.95. The Morgan fingerprint density at radius 3 is 2.33 bits per heavy atom. The SMILES string of the molecule is CCCC(NSC(C)(C)C)C1CCCC1. The zero-order chi connectivity index (χ0) is 11.3. The highest BCUT2D eigenvalue weighted by Gasteiger charge is 2.25. The summed E-state index contributed by atoms with van der Waals surface area (Å²) in [5.41, 5.74) is 0. The van der Waals surface area contributed by atoms with Gasteiger partial charge in [-0.15, -0.1) is 0 Å². The summed E-state index contributed by atoms with van der Waals surface area (Å²) in [7, 11) is 0. The van der Waals surface area contributed by atoms with Crippen LogP contribution in [0, 0.1) is 5.92 Å². The number of hydrogen-bond acceptors (Lipinski definition) is 2. The second-order valence-corrected chi connectivity index (χ2v) is 7.44. The van der Waals surface area contributed by atoms with E-state index in [1.54, 1.807) is 0 Å². The van der Waals surface area contributed by atoms with Crippen molar-refractivity contribution in [2.75, 3.05) is 0 Å². The molecule has 0 heterocycles. The van der Waals surface area contributed by atoms with Gasteiger partial charge in [0.15, 0.2) is 0 Å². The first-order valence-corrected chi connectivity index (χ1v) is 7.28. The van der Waals surface area contributed by atoms with Gasteiger partial charge < -0.3 is 0 Å². The Bertz CT molecular complexity index is 168. The van der Waals surface area contributed by atoms with E-state index >= 15 is 0 Å². The Kier molecular flexibility index (Phi) is 5.48. The maximum Gasteiger partial charge on any atom is 0.0220 e. The monoisotopic (exact) mass is 229 g/mol. The van der Waals surface area contributed by atoms with Gasteiger partial charge in [-0.3, -0.25) is 4.72 Å². The van der Waals surface area contributed by atoms with Crippen molar-refractivity contribution in [3.05, 3.63) is 0 Å². The third-order valence-electron chi connectivity index (χ3n) is 3.09. The molecule has 0 amide bonds. The number of rotatable bonds is 5. The first-order chi connectivity index (χ1) is 7.03. The van der Waals surface area contributed by atoms with E-state index in [9.17, 15) is 0 Å². The minimum absolute atomic E-state index is 0.338. The van der Waals surface area contributed by atoms with Crippen molar-refractivity contribution in [2.24, 2.45) is 5.92 Å². The fraction of sp³-hybridized carbons (Fsp3) is 1.00. The molecule has 0 radical (unpaired) electrons. The van der Waals surface area contributed by atoms with Gasteiger partial charge in [0.2, 0.25) is 0 Å². The summed E-state index contributed by atoms with van der Waals surface area (Å²) < 4.78 is 4.06. The molecule has 1 N–H and O–H groups in total. The van der Waals surface area contributed by atoms with Gasteiger partial charge >= 0.3 is 0 Å². The Balaban J connectivity index is 2.35. The molecule has 1 aliphatic carbocycles. The van der Waals surface area contributed by atoms with Crippen molar-refractivity contribution >= 4 is 11.9 Å². The second-order valence-electron chi connectivity index (χ2n) is 5.77. The fourth-order valence-corrected chi connectivity index (χ4v) is 3.13. The molecule has 1 nitrogen and oxygen atoms in total. The van der Waals surface area contributed by atoms with Crippen LogP contribution in [0.1, 0.15) is 66.2 Å². The molecule has 0 aromatic rings. The maximum atomic E-state index is 3.72. The van der Waals surface area contributed by atoms with Crippen LogP contribution >= 0.6 is 11.9 Å². The van der Waals surface area contributed by atoms with Gasteiger partial charge in [-0.1, -0.05) is 38.1 Å². The Morgan fingerprint density at radius 1 is 1.27 bits per heavy atom. The zero-order valence-electron chi connectivity index (χ0n) is 10.8. The summed E-state index contributed by atoms with van der Waals surface area (Å²) in [5.74, 6) is 0.944. The van der Waals surface area contributed by atoms with E-state index in [2.05, 4.69) is 32.4 Å². The van der Waals surface area contributed by atoms with Crippen molar-refractivity contribution in [1.82, 2.24) is 4.72 Å². The standard InChI is InChI=1S/C13H27NS/c1-5-8-12(11-9-6-7-10-11)14-15-13(2,3)4/h11-12,14H,5-10H2,1-4H3. The lowest BCUT2D eigenvalue weighted by molar-refractivity contribution is 0.386. The molecule has 1 atom stereocenters. The highest BCUT2D eigenvalue weighted by molar-refractivity contribution is 7.98. The first kappa shape index (κ1) is 13.4. The van der Waals surface area contributed by atoms with E-state index in [0.717, 1.165) is 12.0 Å². The van der Waals surface area contributed by atoms with E-state index in [-0.39, 0.29) is 0 Å². The predicted octanol–water partition coefficient (Wildman–Crippen LogP) is 4.38. The lowest BCUT2D eigenvalue weighted by Crippen LogP contribution is -2.33. The molecule has 1 unspecified atom stereocenters. The number of nitrogens with one attached hydrogen (secondary N) is 1. The summed E-state index contributed by atoms with van der Waals surface area (Å²) in [5, 5.41) is 0. The van der Waals surface area contributed by atoms with Crippen LogP contribution in [0.2, 0.25) is 0 Å². The predicted molar refractivity (Wildman–Crippen MR) is 71.1 cm³/mol. The van der Waals surface area contributed by atoms with Gasteiger partial charge in [0.1, 0.15) is 0 Å². The van der Waals surface area contributed by atoms with Crippen molar-refractivity contribution < 1.29 is 0 Å². The Labute approximate surface area is 99.9 Å². The third-order valence-corrected chi connectivity index (χ3v) is 4.12. The average molecular weight is 229 g/mol. The van der Waals surface area contributed by atoms with Crippen LogP contribution in [0.15, 0.2) is 0 Å². The average Bonchev–Trinajstić information content (AvgIpc) is 2.63. The number of hydrogen-bond donors (Lipinski definition) is 1. The largest absolute Gasteiger partial charge is 0.260 e. The molecule has 0 bridgehead atoms. The molecule has 1 saturated carbocycles. The van der Waals surface area contributed by atoms with Crippen molar-refractivity contribution in [3.63, 3.8) is 0 Å². The quantitative estimate of drug-likeness (QED) is 0.702. The third kappa shape index (κ3) is 5.26. The van der Waals surface area contributed by atoms with Crippen molar-refractivity contribution in [2.45, 2.75) is 77.0 Å². The first-order valence-electron chi connectivity index (χ1n) is 6.46. The topological polar surface area (TPSA) is 12.0 Å². The van der Waals surface area contributed by atoms with Crippen LogP contribution in [0.5, 0.6) is 0 Å². The molecular formula is C13H27NS. The molecule has 0 aromatic heterocycles. The van der Waals surface area contributed by atoms with Crippen molar-refractivity contribution in [3.8, 4) is 0 Å². The van der Waals surface area contributed by atoms with Crippen LogP contribution in [-0.2, 0) is 0 Å². The van der Waals surface area contributed by atoms with Crippen molar-refractivity contribution in [1.29, 1.82) is 0 Å². The molecule has 0 spiro atoms. The molecular weight excluding hydrogens is 202 g/mol. The minimum atomic E-state index is 0.338. The van der Waals surface area contributed by atoms with Gasteiger partial charge in [0, 0.05) is 10.8 Å². The van der Waals surface area contributed by atoms with Crippen LogP contribution in [0.4, 0.5) is 0 Å². The maximum absolute atomic E-state index is 3.72. The van der Waals surface area contributed by atoms with E-state index in [4.69, 9.17) is 0 Å². The molecule has 0 aromatic carbocycles. The highest BCUT2D eigenvalue weighted by Crippen LogP contribution is 2.32. The zero-order valence-corrected chi connectivity index (χ0v) is 11.6. The molecule has 2 heteroatoms. The molecule has 90 valence electrons. The van der Waals surface area contributed by atoms with Crippen LogP contribution in [0.3, 0.4) is 0 Å². The second kappa shape index (κ2) is 6.15. The summed E-state index contributed by atoms with van der Waals surface area (Å²) in [4.78, 5) is 0.